The number of sulfonamides is 1. The number of carbonyl (C=O) groups excluding carboxylic acids is 1. The Bertz CT molecular complexity index is 1280. The van der Waals surface area contributed by atoms with Crippen molar-refractivity contribution in [2.45, 2.75) is 62.6 Å². The lowest BCUT2D eigenvalue weighted by atomic mass is 9.95. The summed E-state index contributed by atoms with van der Waals surface area (Å²) < 4.78 is 82.3. The zero-order valence-electron chi connectivity index (χ0n) is 20.4. The second kappa shape index (κ2) is 9.90. The van der Waals surface area contributed by atoms with Crippen LogP contribution in [0.2, 0.25) is 0 Å². The van der Waals surface area contributed by atoms with Gasteiger partial charge in [0.2, 0.25) is 15.9 Å². The van der Waals surface area contributed by atoms with Crippen LogP contribution in [0, 0.1) is 11.3 Å². The number of hydrogen-bond acceptors (Lipinski definition) is 6. The van der Waals surface area contributed by atoms with Crippen LogP contribution in [0.4, 0.5) is 23.4 Å². The molecule has 37 heavy (non-hydrogen) atoms. The Hall–Kier alpha value is -3.24. The Morgan fingerprint density at radius 3 is 2.14 bits per heavy atom. The number of hydrogen-bond donors (Lipinski definition) is 2. The van der Waals surface area contributed by atoms with Gasteiger partial charge in [0.15, 0.2) is 6.04 Å². The van der Waals surface area contributed by atoms with Crippen molar-refractivity contribution >= 4 is 21.7 Å². The predicted octanol–water partition coefficient (Wildman–Crippen LogP) is 4.07. The predicted molar refractivity (Wildman–Crippen MR) is 129 cm³/mol. The van der Waals surface area contributed by atoms with Crippen molar-refractivity contribution in [3.05, 3.63) is 48.2 Å². The number of pyridine rings is 1. The first-order valence-corrected chi connectivity index (χ1v) is 13.1. The Labute approximate surface area is 212 Å². The van der Waals surface area contributed by atoms with Crippen molar-refractivity contribution in [3.63, 3.8) is 0 Å². The SMILES string of the molecule is CC(C)(F)C[C@H](N)C(=O)N([C@@H](c1ccc(-c2ccc(NS(C)(=O)=O)nc2)cc1)C(F)(F)F)C1(C#N)CC1. The molecule has 1 saturated carbocycles. The normalized spacial score (nSPS) is 16.8. The zero-order valence-corrected chi connectivity index (χ0v) is 21.2. The van der Waals surface area contributed by atoms with Crippen LogP contribution in [0.25, 0.3) is 11.1 Å². The number of halogens is 4. The second-order valence-electron chi connectivity index (χ2n) is 9.75. The summed E-state index contributed by atoms with van der Waals surface area (Å²) in [7, 11) is -3.53. The van der Waals surface area contributed by atoms with Crippen molar-refractivity contribution < 1.29 is 30.8 Å². The quantitative estimate of drug-likeness (QED) is 0.461. The molecule has 1 fully saturated rings. The lowest BCUT2D eigenvalue weighted by Crippen LogP contribution is -2.55. The third-order valence-electron chi connectivity index (χ3n) is 5.83. The minimum absolute atomic E-state index is 0.0468. The van der Waals surface area contributed by atoms with E-state index in [1.54, 1.807) is 6.07 Å². The maximum Gasteiger partial charge on any atom is 0.413 e. The van der Waals surface area contributed by atoms with Gasteiger partial charge < -0.3 is 10.6 Å². The molecule has 1 heterocycles. The third kappa shape index (κ3) is 6.95. The Kier molecular flexibility index (Phi) is 7.58. The van der Waals surface area contributed by atoms with Crippen LogP contribution in [0.1, 0.15) is 44.7 Å². The van der Waals surface area contributed by atoms with E-state index in [-0.39, 0.29) is 24.2 Å². The summed E-state index contributed by atoms with van der Waals surface area (Å²) in [6.45, 7) is 2.33. The number of rotatable bonds is 9. The van der Waals surface area contributed by atoms with Gasteiger partial charge in [-0.3, -0.25) is 9.52 Å². The van der Waals surface area contributed by atoms with Gasteiger partial charge in [-0.2, -0.15) is 18.4 Å². The first kappa shape index (κ1) is 28.3. The maximum absolute atomic E-state index is 14.4. The smallest absolute Gasteiger partial charge is 0.320 e. The van der Waals surface area contributed by atoms with Crippen LogP contribution in [0.15, 0.2) is 42.6 Å². The molecule has 1 aromatic carbocycles. The van der Waals surface area contributed by atoms with Crippen molar-refractivity contribution in [1.82, 2.24) is 9.88 Å². The molecule has 3 N–H and O–H groups in total. The van der Waals surface area contributed by atoms with E-state index in [1.807, 2.05) is 6.07 Å². The average Bonchev–Trinajstić information content (AvgIpc) is 3.55. The summed E-state index contributed by atoms with van der Waals surface area (Å²) in [4.78, 5) is 17.6. The molecule has 2 aromatic rings. The molecule has 200 valence electrons. The van der Waals surface area contributed by atoms with Gasteiger partial charge >= 0.3 is 6.18 Å². The lowest BCUT2D eigenvalue weighted by molar-refractivity contribution is -0.198. The fourth-order valence-electron chi connectivity index (χ4n) is 4.06. The van der Waals surface area contributed by atoms with E-state index in [9.17, 15) is 36.0 Å². The van der Waals surface area contributed by atoms with Crippen LogP contribution in [0.5, 0.6) is 0 Å². The number of benzene rings is 1. The molecule has 0 bridgehead atoms. The van der Waals surface area contributed by atoms with Gasteiger partial charge in [-0.1, -0.05) is 24.3 Å². The maximum atomic E-state index is 14.4. The highest BCUT2D eigenvalue weighted by Gasteiger charge is 2.60. The largest absolute Gasteiger partial charge is 0.413 e. The van der Waals surface area contributed by atoms with E-state index in [0.717, 1.165) is 6.26 Å². The molecule has 0 unspecified atom stereocenters. The monoisotopic (exact) mass is 541 g/mol. The molecule has 0 saturated heterocycles. The van der Waals surface area contributed by atoms with Crippen molar-refractivity contribution in [3.8, 4) is 17.2 Å². The van der Waals surface area contributed by atoms with Crippen molar-refractivity contribution in [2.75, 3.05) is 11.0 Å². The molecule has 0 aliphatic heterocycles. The minimum Gasteiger partial charge on any atom is -0.320 e. The number of amides is 1. The minimum atomic E-state index is -4.95. The van der Waals surface area contributed by atoms with E-state index in [2.05, 4.69) is 9.71 Å². The van der Waals surface area contributed by atoms with Crippen LogP contribution in [0.3, 0.4) is 0 Å². The molecule has 0 spiro atoms. The lowest BCUT2D eigenvalue weighted by Gasteiger charge is -2.38. The zero-order chi connectivity index (χ0) is 27.8. The van der Waals surface area contributed by atoms with E-state index in [0.29, 0.717) is 16.0 Å². The summed E-state index contributed by atoms with van der Waals surface area (Å²) in [5.41, 5.74) is 2.95. The molecule has 13 heteroatoms. The summed E-state index contributed by atoms with van der Waals surface area (Å²) in [5, 5.41) is 9.66. The van der Waals surface area contributed by atoms with Crippen molar-refractivity contribution in [2.24, 2.45) is 5.73 Å². The number of anilines is 1. The number of nitriles is 1. The van der Waals surface area contributed by atoms with Gasteiger partial charge in [0.25, 0.3) is 0 Å². The molecular weight excluding hydrogens is 514 g/mol. The molecular formula is C24H27F4N5O3S. The van der Waals surface area contributed by atoms with E-state index >= 15 is 0 Å². The fourth-order valence-corrected chi connectivity index (χ4v) is 4.56. The van der Waals surface area contributed by atoms with Gasteiger partial charge in [0, 0.05) is 18.2 Å². The number of carbonyl (C=O) groups is 1. The standard InChI is InChI=1S/C24H27F4N5O3S/c1-22(2,25)12-18(30)21(34)33(23(14-29)10-11-23)20(24(26,27)28)16-6-4-15(5-7-16)17-8-9-19(31-13-17)32-37(3,35)36/h4-9,13,18,20H,10-12,30H2,1-3H3,(H,31,32)/t18-,20-/m0/s1. The Morgan fingerprint density at radius 2 is 1.73 bits per heavy atom. The van der Waals surface area contributed by atoms with Crippen LogP contribution in [-0.4, -0.2) is 53.9 Å². The molecule has 3 rings (SSSR count). The molecule has 2 atom stereocenters. The summed E-state index contributed by atoms with van der Waals surface area (Å²) in [6.07, 6.45) is -3.04. The van der Waals surface area contributed by atoms with E-state index in [1.165, 1.54) is 50.4 Å². The molecule has 1 aromatic heterocycles. The van der Waals surface area contributed by atoms with Crippen LogP contribution in [-0.2, 0) is 14.8 Å². The van der Waals surface area contributed by atoms with Gasteiger partial charge in [-0.15, -0.1) is 0 Å². The summed E-state index contributed by atoms with van der Waals surface area (Å²) in [5.74, 6) is -1.07. The molecule has 0 radical (unpaired) electrons. The number of alkyl halides is 4. The number of nitrogens with two attached hydrogens (primary N) is 1. The topological polar surface area (TPSA) is 129 Å². The average molecular weight is 542 g/mol. The Morgan fingerprint density at radius 1 is 1.16 bits per heavy atom. The van der Waals surface area contributed by atoms with Crippen LogP contribution >= 0.6 is 0 Å². The number of nitrogens with zero attached hydrogens (tertiary/aromatic N) is 3. The molecule has 8 nitrogen and oxygen atoms in total. The van der Waals surface area contributed by atoms with E-state index < -0.39 is 51.8 Å². The van der Waals surface area contributed by atoms with Crippen molar-refractivity contribution in [1.29, 1.82) is 5.26 Å². The fraction of sp³-hybridized carbons (Fsp3) is 0.458. The summed E-state index contributed by atoms with van der Waals surface area (Å²) >= 11 is 0. The van der Waals surface area contributed by atoms with Crippen LogP contribution < -0.4 is 10.5 Å². The molecule has 1 aliphatic rings. The van der Waals surface area contributed by atoms with Gasteiger partial charge in [-0.05, 0) is 49.9 Å². The number of nitrogens with one attached hydrogen (secondary N) is 1. The van der Waals surface area contributed by atoms with E-state index in [4.69, 9.17) is 5.73 Å². The Balaban J connectivity index is 1.97. The highest BCUT2D eigenvalue weighted by atomic mass is 32.2. The number of aromatic nitrogens is 1. The highest BCUT2D eigenvalue weighted by Crippen LogP contribution is 2.50. The highest BCUT2D eigenvalue weighted by molar-refractivity contribution is 7.92. The van der Waals surface area contributed by atoms with Gasteiger partial charge in [0.1, 0.15) is 17.0 Å². The first-order valence-electron chi connectivity index (χ1n) is 11.3. The van der Waals surface area contributed by atoms with Gasteiger partial charge in [-0.25, -0.2) is 17.8 Å². The third-order valence-corrected chi connectivity index (χ3v) is 6.41. The summed E-state index contributed by atoms with van der Waals surface area (Å²) in [6, 6.07) is 5.91. The van der Waals surface area contributed by atoms with Gasteiger partial charge in [0.05, 0.1) is 18.4 Å². The molecule has 1 aliphatic carbocycles. The second-order valence-corrected chi connectivity index (χ2v) is 11.5. The molecule has 1 amide bonds. The first-order chi connectivity index (χ1) is 17.0.